The summed E-state index contributed by atoms with van der Waals surface area (Å²) in [5.74, 6) is -0.558. The van der Waals surface area contributed by atoms with E-state index >= 15 is 0 Å². The lowest BCUT2D eigenvalue weighted by molar-refractivity contribution is -0.921. The van der Waals surface area contributed by atoms with Gasteiger partial charge in [0.25, 0.3) is 5.91 Å². The Bertz CT molecular complexity index is 871. The molecule has 2 N–H and O–H groups in total. The molecule has 1 aliphatic heterocycles. The van der Waals surface area contributed by atoms with Crippen LogP contribution in [-0.2, 0) is 20.8 Å². The summed E-state index contributed by atoms with van der Waals surface area (Å²) in [6, 6.07) is 13.3. The molecule has 1 heterocycles. The summed E-state index contributed by atoms with van der Waals surface area (Å²) in [5, 5.41) is 2.89. The number of rotatable bonds is 7. The van der Waals surface area contributed by atoms with Crippen molar-refractivity contribution >= 4 is 17.6 Å². The molecule has 0 atom stereocenters. The number of hydrogen-bond donors (Lipinski definition) is 2. The zero-order valence-electron chi connectivity index (χ0n) is 18.0. The first-order valence-electron chi connectivity index (χ1n) is 10.5. The number of ether oxygens (including phenoxy) is 2. The fraction of sp³-hybridized carbons (Fsp3) is 0.417. The highest BCUT2D eigenvalue weighted by molar-refractivity contribution is 5.96. The first-order valence-corrected chi connectivity index (χ1v) is 10.5. The average Bonchev–Trinajstić information content (AvgIpc) is 2.74. The minimum absolute atomic E-state index is 0.278. The molecule has 0 aromatic heterocycles. The lowest BCUT2D eigenvalue weighted by Crippen LogP contribution is -3.12. The Hall–Kier alpha value is -2.70. The number of anilines is 1. The molecular formula is C24H31N2O4+. The van der Waals surface area contributed by atoms with Gasteiger partial charge < -0.3 is 19.7 Å². The number of amides is 1. The Labute approximate surface area is 178 Å². The second-order valence-electron chi connectivity index (χ2n) is 8.05. The average molecular weight is 412 g/mol. The number of nitrogens with one attached hydrogen (secondary N) is 2. The predicted molar refractivity (Wildman–Crippen MR) is 116 cm³/mol. The van der Waals surface area contributed by atoms with Gasteiger partial charge in [0.15, 0.2) is 6.61 Å². The highest BCUT2D eigenvalue weighted by atomic mass is 16.5. The van der Waals surface area contributed by atoms with Crippen LogP contribution in [0.3, 0.4) is 0 Å². The van der Waals surface area contributed by atoms with Gasteiger partial charge in [-0.3, -0.25) is 4.79 Å². The Morgan fingerprint density at radius 3 is 2.47 bits per heavy atom. The van der Waals surface area contributed by atoms with Crippen molar-refractivity contribution in [1.29, 1.82) is 0 Å². The molecular weight excluding hydrogens is 380 g/mol. The van der Waals surface area contributed by atoms with E-state index in [1.165, 1.54) is 10.5 Å². The third-order valence-corrected chi connectivity index (χ3v) is 5.37. The van der Waals surface area contributed by atoms with Crippen molar-refractivity contribution in [3.63, 3.8) is 0 Å². The second kappa shape index (κ2) is 10.4. The summed E-state index contributed by atoms with van der Waals surface area (Å²) in [5.41, 5.74) is 4.46. The lowest BCUT2D eigenvalue weighted by atomic mass is 9.98. The van der Waals surface area contributed by atoms with Gasteiger partial charge in [0.1, 0.15) is 19.6 Å². The van der Waals surface area contributed by atoms with Crippen LogP contribution in [0.5, 0.6) is 0 Å². The molecule has 1 saturated heterocycles. The van der Waals surface area contributed by atoms with Gasteiger partial charge in [0.05, 0.1) is 18.8 Å². The number of benzene rings is 2. The van der Waals surface area contributed by atoms with Gasteiger partial charge in [0.2, 0.25) is 0 Å². The number of carbonyl (C=O) groups excluding carboxylic acids is 2. The topological polar surface area (TPSA) is 69.1 Å². The van der Waals surface area contributed by atoms with Crippen LogP contribution < -0.4 is 10.2 Å². The zero-order chi connectivity index (χ0) is 21.5. The largest absolute Gasteiger partial charge is 0.452 e. The molecule has 0 bridgehead atoms. The van der Waals surface area contributed by atoms with E-state index in [2.05, 4.69) is 19.2 Å². The van der Waals surface area contributed by atoms with Crippen LogP contribution in [0.2, 0.25) is 0 Å². The van der Waals surface area contributed by atoms with Crippen LogP contribution in [0.15, 0.2) is 42.5 Å². The first-order chi connectivity index (χ1) is 14.4. The first kappa shape index (κ1) is 22.0. The number of aryl methyl sites for hydroxylation is 1. The monoisotopic (exact) mass is 411 g/mol. The number of esters is 1. The van der Waals surface area contributed by atoms with E-state index in [1.807, 2.05) is 37.3 Å². The van der Waals surface area contributed by atoms with E-state index in [9.17, 15) is 9.59 Å². The summed E-state index contributed by atoms with van der Waals surface area (Å²) in [6.07, 6.45) is 0. The smallest absolute Gasteiger partial charge is 0.338 e. The van der Waals surface area contributed by atoms with E-state index in [0.29, 0.717) is 5.56 Å². The summed E-state index contributed by atoms with van der Waals surface area (Å²) in [4.78, 5) is 26.1. The van der Waals surface area contributed by atoms with Gasteiger partial charge in [-0.25, -0.2) is 4.79 Å². The summed E-state index contributed by atoms with van der Waals surface area (Å²) in [7, 11) is 0. The molecule has 1 amide bonds. The molecule has 30 heavy (non-hydrogen) atoms. The number of quaternary nitrogens is 1. The molecule has 0 aliphatic carbocycles. The molecule has 0 saturated carbocycles. The Morgan fingerprint density at radius 2 is 1.80 bits per heavy atom. The van der Waals surface area contributed by atoms with E-state index < -0.39 is 5.97 Å². The summed E-state index contributed by atoms with van der Waals surface area (Å²) in [6.45, 7) is 10.3. The quantitative estimate of drug-likeness (QED) is 0.686. The molecule has 3 rings (SSSR count). The third-order valence-electron chi connectivity index (χ3n) is 5.37. The van der Waals surface area contributed by atoms with Gasteiger partial charge in [-0.1, -0.05) is 44.2 Å². The second-order valence-corrected chi connectivity index (χ2v) is 8.05. The number of morpholine rings is 1. The highest BCUT2D eigenvalue weighted by Gasteiger charge is 2.16. The minimum Gasteiger partial charge on any atom is -0.452 e. The third kappa shape index (κ3) is 5.90. The number of hydrogen-bond acceptors (Lipinski definition) is 4. The zero-order valence-corrected chi connectivity index (χ0v) is 18.0. The maximum absolute atomic E-state index is 12.3. The molecule has 6 heteroatoms. The molecule has 6 nitrogen and oxygen atoms in total. The van der Waals surface area contributed by atoms with E-state index in [4.69, 9.17) is 9.47 Å². The Morgan fingerprint density at radius 1 is 1.10 bits per heavy atom. The van der Waals surface area contributed by atoms with Gasteiger partial charge in [-0.15, -0.1) is 0 Å². The van der Waals surface area contributed by atoms with E-state index in [0.717, 1.165) is 49.7 Å². The van der Waals surface area contributed by atoms with Crippen LogP contribution in [0.25, 0.3) is 0 Å². The van der Waals surface area contributed by atoms with E-state index in [-0.39, 0.29) is 18.4 Å². The van der Waals surface area contributed by atoms with Crippen molar-refractivity contribution < 1.29 is 24.0 Å². The number of carbonyl (C=O) groups is 2. The highest BCUT2D eigenvalue weighted by Crippen LogP contribution is 2.27. The standard InChI is InChI=1S/C24H30N2O4/c1-17(2)21-6-4-5-18(3)23(21)25-22(27)16-30-24(28)20-9-7-19(8-10-20)15-26-11-13-29-14-12-26/h4-10,17H,11-16H2,1-3H3,(H,25,27)/p+1. The van der Waals surface area contributed by atoms with Crippen LogP contribution in [-0.4, -0.2) is 44.8 Å². The molecule has 1 fully saturated rings. The minimum atomic E-state index is -0.496. The maximum atomic E-state index is 12.3. The lowest BCUT2D eigenvalue weighted by Gasteiger charge is -2.23. The van der Waals surface area contributed by atoms with Crippen molar-refractivity contribution in [2.24, 2.45) is 0 Å². The van der Waals surface area contributed by atoms with E-state index in [1.54, 1.807) is 12.1 Å². The summed E-state index contributed by atoms with van der Waals surface area (Å²) < 4.78 is 10.6. The SMILES string of the molecule is Cc1cccc(C(C)C)c1NC(=O)COC(=O)c1ccc(C[NH+]2CCOCC2)cc1. The van der Waals surface area contributed by atoms with Crippen molar-refractivity contribution in [3.8, 4) is 0 Å². The van der Waals surface area contributed by atoms with Gasteiger partial charge in [0, 0.05) is 11.3 Å². The molecule has 1 aliphatic rings. The van der Waals surface area contributed by atoms with Gasteiger partial charge in [-0.05, 0) is 36.1 Å². The Kier molecular flexibility index (Phi) is 7.60. The maximum Gasteiger partial charge on any atom is 0.338 e. The van der Waals surface area contributed by atoms with Crippen molar-refractivity contribution in [3.05, 3.63) is 64.7 Å². The van der Waals surface area contributed by atoms with Crippen LogP contribution in [0.1, 0.15) is 46.8 Å². The summed E-state index contributed by atoms with van der Waals surface area (Å²) >= 11 is 0. The van der Waals surface area contributed by atoms with Crippen molar-refractivity contribution in [2.75, 3.05) is 38.2 Å². The fourth-order valence-corrected chi connectivity index (χ4v) is 3.62. The van der Waals surface area contributed by atoms with Gasteiger partial charge in [-0.2, -0.15) is 0 Å². The van der Waals surface area contributed by atoms with Crippen molar-refractivity contribution in [2.45, 2.75) is 33.2 Å². The molecule has 2 aromatic rings. The molecule has 2 aromatic carbocycles. The van der Waals surface area contributed by atoms with Crippen LogP contribution >= 0.6 is 0 Å². The van der Waals surface area contributed by atoms with Crippen molar-refractivity contribution in [1.82, 2.24) is 0 Å². The molecule has 0 spiro atoms. The normalized spacial score (nSPS) is 14.5. The molecule has 160 valence electrons. The Balaban J connectivity index is 1.52. The molecule has 0 unspecified atom stereocenters. The molecule has 0 radical (unpaired) electrons. The fourth-order valence-electron chi connectivity index (χ4n) is 3.62. The van der Waals surface area contributed by atoms with Crippen LogP contribution in [0.4, 0.5) is 5.69 Å². The predicted octanol–water partition coefficient (Wildman–Crippen LogP) is 2.33. The number of para-hydroxylation sites is 1. The van der Waals surface area contributed by atoms with Gasteiger partial charge >= 0.3 is 5.97 Å². The van der Waals surface area contributed by atoms with Crippen LogP contribution in [0, 0.1) is 6.92 Å².